The van der Waals surface area contributed by atoms with E-state index >= 15 is 0 Å². The van der Waals surface area contributed by atoms with Crippen LogP contribution in [0.2, 0.25) is 0 Å². The van der Waals surface area contributed by atoms with Gasteiger partial charge in [0.25, 0.3) is 0 Å². The van der Waals surface area contributed by atoms with E-state index in [1.165, 1.54) is 5.69 Å². The van der Waals surface area contributed by atoms with E-state index in [-0.39, 0.29) is 6.10 Å². The van der Waals surface area contributed by atoms with Gasteiger partial charge in [-0.3, -0.25) is 0 Å². The molecule has 2 unspecified atom stereocenters. The number of piperidine rings is 1. The summed E-state index contributed by atoms with van der Waals surface area (Å²) >= 11 is 0. The zero-order chi connectivity index (χ0) is 11.5. The Morgan fingerprint density at radius 1 is 1.44 bits per heavy atom. The maximum atomic E-state index is 9.90. The Balaban J connectivity index is 2.18. The van der Waals surface area contributed by atoms with E-state index in [2.05, 4.69) is 24.0 Å². The van der Waals surface area contributed by atoms with Crippen LogP contribution in [0.25, 0.3) is 0 Å². The van der Waals surface area contributed by atoms with E-state index in [0.717, 1.165) is 25.1 Å². The highest BCUT2D eigenvalue weighted by Crippen LogP contribution is 2.26. The van der Waals surface area contributed by atoms with Crippen LogP contribution in [0.1, 0.15) is 18.9 Å². The average Bonchev–Trinajstić information content (AvgIpc) is 2.32. The van der Waals surface area contributed by atoms with Gasteiger partial charge in [0.2, 0.25) is 0 Å². The van der Waals surface area contributed by atoms with E-state index in [0.29, 0.717) is 12.5 Å². The Hall–Kier alpha value is -1.06. The molecule has 3 heteroatoms. The van der Waals surface area contributed by atoms with Crippen LogP contribution in [0.4, 0.5) is 5.69 Å². The van der Waals surface area contributed by atoms with Crippen molar-refractivity contribution >= 4 is 5.69 Å². The molecule has 1 heterocycles. The number of hydrogen-bond acceptors (Lipinski definition) is 3. The monoisotopic (exact) mass is 220 g/mol. The van der Waals surface area contributed by atoms with Crippen molar-refractivity contribution in [2.75, 3.05) is 18.0 Å². The minimum atomic E-state index is -0.223. The molecular weight excluding hydrogens is 200 g/mol. The molecule has 1 fully saturated rings. The molecule has 0 spiro atoms. The first-order valence-electron chi connectivity index (χ1n) is 5.93. The Labute approximate surface area is 96.9 Å². The molecule has 0 aromatic heterocycles. The largest absolute Gasteiger partial charge is 0.391 e. The Kier molecular flexibility index (Phi) is 3.46. The lowest BCUT2D eigenvalue weighted by molar-refractivity contribution is 0.103. The molecule has 0 bridgehead atoms. The van der Waals surface area contributed by atoms with Gasteiger partial charge in [0.1, 0.15) is 0 Å². The molecule has 0 radical (unpaired) electrons. The number of rotatable bonds is 2. The van der Waals surface area contributed by atoms with Crippen LogP contribution in [0, 0.1) is 5.92 Å². The second-order valence-electron chi connectivity index (χ2n) is 4.61. The van der Waals surface area contributed by atoms with E-state index in [1.54, 1.807) is 0 Å². The first kappa shape index (κ1) is 11.4. The number of anilines is 1. The summed E-state index contributed by atoms with van der Waals surface area (Å²) in [5.41, 5.74) is 8.06. The van der Waals surface area contributed by atoms with Gasteiger partial charge in [-0.05, 0) is 24.0 Å². The minimum Gasteiger partial charge on any atom is -0.391 e. The van der Waals surface area contributed by atoms with E-state index in [9.17, 15) is 5.11 Å². The highest BCUT2D eigenvalue weighted by molar-refractivity contribution is 5.54. The van der Waals surface area contributed by atoms with E-state index in [1.807, 2.05) is 12.1 Å². The normalized spacial score (nSPS) is 25.8. The van der Waals surface area contributed by atoms with Crippen LogP contribution < -0.4 is 10.6 Å². The quantitative estimate of drug-likeness (QED) is 0.791. The molecule has 1 aliphatic heterocycles. The van der Waals surface area contributed by atoms with Crippen molar-refractivity contribution in [2.24, 2.45) is 11.7 Å². The summed E-state index contributed by atoms with van der Waals surface area (Å²) in [6.45, 7) is 4.39. The standard InChI is InChI=1S/C13H20N2O/c1-10-6-7-15(9-13(10)16)12-5-3-2-4-11(12)8-14/h2-5,10,13,16H,6-9,14H2,1H3. The zero-order valence-electron chi connectivity index (χ0n) is 9.76. The maximum absolute atomic E-state index is 9.90. The Morgan fingerprint density at radius 2 is 2.19 bits per heavy atom. The Bertz CT molecular complexity index is 354. The second kappa shape index (κ2) is 4.85. The average molecular weight is 220 g/mol. The molecule has 0 amide bonds. The van der Waals surface area contributed by atoms with Gasteiger partial charge in [0.15, 0.2) is 0 Å². The van der Waals surface area contributed by atoms with Gasteiger partial charge in [-0.1, -0.05) is 25.1 Å². The molecular formula is C13H20N2O. The predicted octanol–water partition coefficient (Wildman–Crippen LogP) is 1.35. The lowest BCUT2D eigenvalue weighted by Crippen LogP contribution is -2.43. The molecule has 1 aliphatic rings. The maximum Gasteiger partial charge on any atom is 0.0741 e. The number of hydrogen-bond donors (Lipinski definition) is 2. The summed E-state index contributed by atoms with van der Waals surface area (Å²) in [7, 11) is 0. The molecule has 1 saturated heterocycles. The lowest BCUT2D eigenvalue weighted by atomic mass is 9.95. The molecule has 2 rings (SSSR count). The molecule has 0 aliphatic carbocycles. The summed E-state index contributed by atoms with van der Waals surface area (Å²) in [5.74, 6) is 0.404. The van der Waals surface area contributed by atoms with Crippen molar-refractivity contribution in [2.45, 2.75) is 26.0 Å². The van der Waals surface area contributed by atoms with Crippen LogP contribution >= 0.6 is 0 Å². The Morgan fingerprint density at radius 3 is 2.88 bits per heavy atom. The van der Waals surface area contributed by atoms with Crippen LogP contribution in [-0.2, 0) is 6.54 Å². The molecule has 1 aromatic rings. The van der Waals surface area contributed by atoms with Crippen molar-refractivity contribution < 1.29 is 5.11 Å². The summed E-state index contributed by atoms with van der Waals surface area (Å²) in [4.78, 5) is 2.24. The fourth-order valence-corrected chi connectivity index (χ4v) is 2.26. The molecule has 3 N–H and O–H groups in total. The van der Waals surface area contributed by atoms with Crippen molar-refractivity contribution in [1.29, 1.82) is 0 Å². The smallest absolute Gasteiger partial charge is 0.0741 e. The van der Waals surface area contributed by atoms with Crippen molar-refractivity contribution in [1.82, 2.24) is 0 Å². The predicted molar refractivity (Wildman–Crippen MR) is 66.3 cm³/mol. The number of benzene rings is 1. The fourth-order valence-electron chi connectivity index (χ4n) is 2.26. The van der Waals surface area contributed by atoms with Gasteiger partial charge >= 0.3 is 0 Å². The second-order valence-corrected chi connectivity index (χ2v) is 4.61. The van der Waals surface area contributed by atoms with Crippen molar-refractivity contribution in [3.63, 3.8) is 0 Å². The molecule has 88 valence electrons. The van der Waals surface area contributed by atoms with Gasteiger partial charge in [-0.2, -0.15) is 0 Å². The molecule has 3 nitrogen and oxygen atoms in total. The number of aliphatic hydroxyl groups excluding tert-OH is 1. The van der Waals surface area contributed by atoms with Crippen LogP contribution in [-0.4, -0.2) is 24.3 Å². The lowest BCUT2D eigenvalue weighted by Gasteiger charge is -2.36. The van der Waals surface area contributed by atoms with Gasteiger partial charge < -0.3 is 15.7 Å². The van der Waals surface area contributed by atoms with Crippen LogP contribution in [0.3, 0.4) is 0 Å². The summed E-state index contributed by atoms with van der Waals surface area (Å²) in [6.07, 6.45) is 0.819. The molecule has 2 atom stereocenters. The third-order valence-corrected chi connectivity index (χ3v) is 3.47. The van der Waals surface area contributed by atoms with Gasteiger partial charge in [0.05, 0.1) is 6.10 Å². The summed E-state index contributed by atoms with van der Waals surface area (Å²) in [6, 6.07) is 8.18. The molecule has 16 heavy (non-hydrogen) atoms. The third kappa shape index (κ3) is 2.20. The fraction of sp³-hybridized carbons (Fsp3) is 0.538. The van der Waals surface area contributed by atoms with E-state index < -0.39 is 0 Å². The van der Waals surface area contributed by atoms with Crippen LogP contribution in [0.15, 0.2) is 24.3 Å². The first-order chi connectivity index (χ1) is 7.72. The van der Waals surface area contributed by atoms with Crippen molar-refractivity contribution in [3.05, 3.63) is 29.8 Å². The summed E-state index contributed by atoms with van der Waals surface area (Å²) < 4.78 is 0. The van der Waals surface area contributed by atoms with Gasteiger partial charge in [-0.15, -0.1) is 0 Å². The topological polar surface area (TPSA) is 49.5 Å². The number of nitrogens with zero attached hydrogens (tertiary/aromatic N) is 1. The first-order valence-corrected chi connectivity index (χ1v) is 5.93. The molecule has 1 aromatic carbocycles. The zero-order valence-corrected chi connectivity index (χ0v) is 9.76. The number of nitrogens with two attached hydrogens (primary N) is 1. The number of β-amino-alcohol motifs (C(OH)–C–C–N with tert-alkyl or cyclic N) is 1. The number of para-hydroxylation sites is 1. The summed E-state index contributed by atoms with van der Waals surface area (Å²) in [5, 5.41) is 9.90. The van der Waals surface area contributed by atoms with Crippen LogP contribution in [0.5, 0.6) is 0 Å². The SMILES string of the molecule is CC1CCN(c2ccccc2CN)CC1O. The van der Waals surface area contributed by atoms with Crippen molar-refractivity contribution in [3.8, 4) is 0 Å². The minimum absolute atomic E-state index is 0.223. The third-order valence-electron chi connectivity index (χ3n) is 3.47. The van der Waals surface area contributed by atoms with E-state index in [4.69, 9.17) is 5.73 Å². The van der Waals surface area contributed by atoms with Gasteiger partial charge in [0, 0.05) is 25.3 Å². The number of aliphatic hydroxyl groups is 1. The molecule has 0 saturated carbocycles. The highest BCUT2D eigenvalue weighted by atomic mass is 16.3. The van der Waals surface area contributed by atoms with Gasteiger partial charge in [-0.25, -0.2) is 0 Å². The highest BCUT2D eigenvalue weighted by Gasteiger charge is 2.25.